The number of pyridine rings is 2. The van der Waals surface area contributed by atoms with E-state index < -0.39 is 0 Å². The van der Waals surface area contributed by atoms with E-state index in [1.807, 2.05) is 18.6 Å². The molecule has 4 aromatic rings. The lowest BCUT2D eigenvalue weighted by Crippen LogP contribution is -2.43. The van der Waals surface area contributed by atoms with Crippen molar-refractivity contribution < 1.29 is 4.74 Å². The minimum absolute atomic E-state index is 0.333. The third kappa shape index (κ3) is 4.91. The molecular weight excluding hydrogens is 500 g/mol. The first-order valence-corrected chi connectivity index (χ1v) is 14.8. The van der Waals surface area contributed by atoms with E-state index in [1.165, 1.54) is 5.56 Å². The van der Waals surface area contributed by atoms with Crippen molar-refractivity contribution in [2.45, 2.75) is 57.4 Å². The van der Waals surface area contributed by atoms with Crippen LogP contribution in [0.1, 0.15) is 44.2 Å². The number of hydrogen-bond acceptors (Lipinski definition) is 7. The molecule has 3 fully saturated rings. The molecule has 2 unspecified atom stereocenters. The monoisotopic (exact) mass is 540 g/mol. The highest BCUT2D eigenvalue weighted by molar-refractivity contribution is 5.95. The van der Waals surface area contributed by atoms with Crippen LogP contribution in [0.3, 0.4) is 0 Å². The molecule has 40 heavy (non-hydrogen) atoms. The number of nitrogens with one attached hydrogen (secondary N) is 1. The number of fused-ring (bicyclic) bond motifs is 3. The quantitative estimate of drug-likeness (QED) is 0.368. The second-order valence-electron chi connectivity index (χ2n) is 12.0. The molecule has 1 N–H and O–H groups in total. The Hall–Kier alpha value is -3.27. The van der Waals surface area contributed by atoms with Crippen LogP contribution in [0.5, 0.6) is 0 Å². The number of likely N-dealkylation sites (tertiary alicyclic amines) is 1. The smallest absolute Gasteiger partial charge is 0.137 e. The fourth-order valence-corrected chi connectivity index (χ4v) is 6.77. The second-order valence-corrected chi connectivity index (χ2v) is 12.0. The molecule has 210 valence electrons. The highest BCUT2D eigenvalue weighted by Gasteiger charge is 2.35. The Morgan fingerprint density at radius 2 is 1.70 bits per heavy atom. The summed E-state index contributed by atoms with van der Waals surface area (Å²) in [7, 11) is 4.24. The summed E-state index contributed by atoms with van der Waals surface area (Å²) in [5.41, 5.74) is 6.58. The molecule has 9 nitrogen and oxygen atoms in total. The molecule has 0 saturated carbocycles. The topological polar surface area (TPSA) is 78.3 Å². The third-order valence-electron chi connectivity index (χ3n) is 8.93. The summed E-state index contributed by atoms with van der Waals surface area (Å²) in [5, 5.41) is 5.89. The fraction of sp³-hybridized carbons (Fsp3) is 0.516. The van der Waals surface area contributed by atoms with E-state index in [9.17, 15) is 0 Å². The van der Waals surface area contributed by atoms with Crippen molar-refractivity contribution in [3.05, 3.63) is 48.7 Å². The van der Waals surface area contributed by atoms with Gasteiger partial charge in [0.15, 0.2) is 0 Å². The van der Waals surface area contributed by atoms with Gasteiger partial charge in [-0.2, -0.15) is 5.10 Å². The molecule has 3 aliphatic heterocycles. The number of morpholine rings is 1. The molecule has 3 saturated heterocycles. The SMILES string of the molecule is CCN1CCC(n2cc(-c3c[nH]c4ncc(-c5cnc(N6CC7CCC(C6)O7)c(CN(C)C)c5)cc34)cn2)CC1. The number of hydrogen-bond donors (Lipinski definition) is 1. The van der Waals surface area contributed by atoms with Gasteiger partial charge in [0.25, 0.3) is 0 Å². The summed E-state index contributed by atoms with van der Waals surface area (Å²) in [6.07, 6.45) is 15.5. The standard InChI is InChI=1S/C31H40N8O/c1-4-37-9-7-25(8-10-37)39-18-24(15-35-39)29-16-33-30-28(29)12-22(13-32-30)21-11-23(17-36(2)3)31(34-14-21)38-19-26-5-6-27(20-38)40-26/h11-16,18,25-27H,4-10,17,19-20H2,1-3H3,(H,32,33). The van der Waals surface area contributed by atoms with Crippen LogP contribution in [0.4, 0.5) is 5.82 Å². The number of rotatable bonds is 7. The van der Waals surface area contributed by atoms with Crippen molar-refractivity contribution in [1.82, 2.24) is 34.5 Å². The van der Waals surface area contributed by atoms with Crippen molar-refractivity contribution in [3.63, 3.8) is 0 Å². The lowest BCUT2D eigenvalue weighted by atomic mass is 10.0. The summed E-state index contributed by atoms with van der Waals surface area (Å²) in [5.74, 6) is 1.09. The molecule has 2 bridgehead atoms. The number of aromatic amines is 1. The number of nitrogens with zero attached hydrogens (tertiary/aromatic N) is 7. The van der Waals surface area contributed by atoms with E-state index in [0.29, 0.717) is 18.2 Å². The minimum Gasteiger partial charge on any atom is -0.371 e. The third-order valence-corrected chi connectivity index (χ3v) is 8.93. The van der Waals surface area contributed by atoms with Crippen LogP contribution < -0.4 is 4.90 Å². The highest BCUT2D eigenvalue weighted by Crippen LogP contribution is 2.35. The van der Waals surface area contributed by atoms with Crippen molar-refractivity contribution >= 4 is 16.9 Å². The van der Waals surface area contributed by atoms with Gasteiger partial charge in [0.2, 0.25) is 0 Å². The molecule has 0 amide bonds. The first-order chi connectivity index (χ1) is 19.5. The van der Waals surface area contributed by atoms with E-state index in [0.717, 1.165) is 104 Å². The van der Waals surface area contributed by atoms with Gasteiger partial charge in [0.1, 0.15) is 11.5 Å². The van der Waals surface area contributed by atoms with Gasteiger partial charge in [0.05, 0.1) is 24.4 Å². The van der Waals surface area contributed by atoms with Crippen LogP contribution in [0.25, 0.3) is 33.3 Å². The zero-order valence-electron chi connectivity index (χ0n) is 23.9. The number of H-pyrrole nitrogens is 1. The van der Waals surface area contributed by atoms with E-state index in [-0.39, 0.29) is 0 Å². The van der Waals surface area contributed by atoms with E-state index in [4.69, 9.17) is 19.8 Å². The molecule has 7 heterocycles. The number of ether oxygens (including phenoxy) is 1. The Kier molecular flexibility index (Phi) is 6.81. The van der Waals surface area contributed by atoms with Gasteiger partial charge in [-0.15, -0.1) is 0 Å². The van der Waals surface area contributed by atoms with Crippen LogP contribution in [0.15, 0.2) is 43.1 Å². The Bertz CT molecular complexity index is 1470. The minimum atomic E-state index is 0.333. The van der Waals surface area contributed by atoms with Gasteiger partial charge in [-0.25, -0.2) is 9.97 Å². The maximum atomic E-state index is 6.09. The van der Waals surface area contributed by atoms with E-state index in [1.54, 1.807) is 0 Å². The first-order valence-electron chi connectivity index (χ1n) is 14.8. The van der Waals surface area contributed by atoms with Crippen LogP contribution in [-0.4, -0.2) is 93.6 Å². The largest absolute Gasteiger partial charge is 0.371 e. The maximum absolute atomic E-state index is 6.09. The molecule has 0 radical (unpaired) electrons. The normalized spacial score (nSPS) is 22.1. The highest BCUT2D eigenvalue weighted by atomic mass is 16.5. The Labute approximate surface area is 236 Å². The number of anilines is 1. The fourth-order valence-electron chi connectivity index (χ4n) is 6.77. The van der Waals surface area contributed by atoms with Crippen molar-refractivity contribution in [2.24, 2.45) is 0 Å². The molecule has 0 spiro atoms. The van der Waals surface area contributed by atoms with Crippen molar-refractivity contribution in [2.75, 3.05) is 51.7 Å². The summed E-state index contributed by atoms with van der Waals surface area (Å²) >= 11 is 0. The Balaban J connectivity index is 1.18. The Morgan fingerprint density at radius 1 is 0.950 bits per heavy atom. The maximum Gasteiger partial charge on any atom is 0.137 e. The molecule has 9 heteroatoms. The number of piperidine rings is 1. The Morgan fingerprint density at radius 3 is 2.45 bits per heavy atom. The molecule has 0 aliphatic carbocycles. The van der Waals surface area contributed by atoms with Crippen molar-refractivity contribution in [3.8, 4) is 22.3 Å². The molecule has 4 aromatic heterocycles. The van der Waals surface area contributed by atoms with Crippen LogP contribution in [0, 0.1) is 0 Å². The van der Waals surface area contributed by atoms with Crippen LogP contribution in [-0.2, 0) is 11.3 Å². The van der Waals surface area contributed by atoms with Crippen molar-refractivity contribution in [1.29, 1.82) is 0 Å². The van der Waals surface area contributed by atoms with E-state index >= 15 is 0 Å². The van der Waals surface area contributed by atoms with E-state index in [2.05, 4.69) is 69.9 Å². The molecular formula is C31H40N8O. The van der Waals surface area contributed by atoms with Gasteiger partial charge in [-0.3, -0.25) is 4.68 Å². The van der Waals surface area contributed by atoms with Gasteiger partial charge in [-0.1, -0.05) is 6.92 Å². The zero-order chi connectivity index (χ0) is 27.2. The van der Waals surface area contributed by atoms with Crippen LogP contribution >= 0.6 is 0 Å². The molecule has 0 aromatic carbocycles. The molecule has 3 aliphatic rings. The summed E-state index contributed by atoms with van der Waals surface area (Å²) in [6, 6.07) is 5.02. The summed E-state index contributed by atoms with van der Waals surface area (Å²) in [6.45, 7) is 8.35. The van der Waals surface area contributed by atoms with Gasteiger partial charge < -0.3 is 24.4 Å². The van der Waals surface area contributed by atoms with Gasteiger partial charge >= 0.3 is 0 Å². The van der Waals surface area contributed by atoms with Gasteiger partial charge in [0, 0.05) is 90.7 Å². The number of aromatic nitrogens is 5. The molecule has 2 atom stereocenters. The zero-order valence-corrected chi connectivity index (χ0v) is 23.9. The predicted octanol–water partition coefficient (Wildman–Crippen LogP) is 4.57. The van der Waals surface area contributed by atoms with Gasteiger partial charge in [-0.05, 0) is 58.5 Å². The molecule has 7 rings (SSSR count). The predicted molar refractivity (Wildman–Crippen MR) is 158 cm³/mol. The average Bonchev–Trinajstić information content (AvgIpc) is 3.70. The lowest BCUT2D eigenvalue weighted by Gasteiger charge is -2.34. The summed E-state index contributed by atoms with van der Waals surface area (Å²) in [4.78, 5) is 20.4. The lowest BCUT2D eigenvalue weighted by molar-refractivity contribution is 0.0301. The van der Waals surface area contributed by atoms with Crippen LogP contribution in [0.2, 0.25) is 0 Å². The summed E-state index contributed by atoms with van der Waals surface area (Å²) < 4.78 is 8.26. The second kappa shape index (κ2) is 10.6. The average molecular weight is 541 g/mol. The first kappa shape index (κ1) is 25.7.